The molecule has 0 spiro atoms. The van der Waals surface area contributed by atoms with Crippen LogP contribution in [0.1, 0.15) is 19.3 Å². The molecule has 1 N–H and O–H groups in total. The first-order valence-corrected chi connectivity index (χ1v) is 7.54. The Hall–Kier alpha value is -0.0900. The third-order valence-electron chi connectivity index (χ3n) is 4.88. The highest BCUT2D eigenvalue weighted by Crippen LogP contribution is 2.69. The number of carbonyl (C=O) groups excluding carboxylic acids is 1. The Morgan fingerprint density at radius 3 is 2.65 bits per heavy atom. The maximum atomic E-state index is 12.1. The Balaban J connectivity index is 1.46. The third kappa shape index (κ3) is 2.03. The van der Waals surface area contributed by atoms with Crippen LogP contribution >= 0.6 is 15.9 Å². The highest BCUT2D eigenvalue weighted by Gasteiger charge is 2.67. The van der Waals surface area contributed by atoms with Crippen molar-refractivity contribution >= 4 is 21.8 Å². The fraction of sp³-hybridized carbons (Fsp3) is 0.923. The van der Waals surface area contributed by atoms with E-state index in [9.17, 15) is 4.79 Å². The lowest BCUT2D eigenvalue weighted by molar-refractivity contribution is -0.123. The minimum atomic E-state index is 0.228. The minimum absolute atomic E-state index is 0.228. The Morgan fingerprint density at radius 2 is 2.06 bits per heavy atom. The van der Waals surface area contributed by atoms with Gasteiger partial charge in [0.15, 0.2) is 0 Å². The molecule has 3 nitrogen and oxygen atoms in total. The van der Waals surface area contributed by atoms with Crippen molar-refractivity contribution in [1.29, 1.82) is 0 Å². The Morgan fingerprint density at radius 1 is 1.41 bits per heavy atom. The molecule has 3 saturated carbocycles. The molecular formula is C13H20BrNO2. The monoisotopic (exact) mass is 301 g/mol. The normalized spacial score (nSPS) is 43.3. The summed E-state index contributed by atoms with van der Waals surface area (Å²) >= 11 is 3.49. The van der Waals surface area contributed by atoms with E-state index < -0.39 is 0 Å². The number of hydrogen-bond acceptors (Lipinski definition) is 2. The number of fused-ring (bicyclic) bond motifs is 5. The summed E-state index contributed by atoms with van der Waals surface area (Å²) in [4.78, 5) is 12.3. The summed E-state index contributed by atoms with van der Waals surface area (Å²) in [6.45, 7) is 1.32. The van der Waals surface area contributed by atoms with Crippen LogP contribution in [-0.2, 0) is 9.53 Å². The fourth-order valence-electron chi connectivity index (χ4n) is 4.24. The van der Waals surface area contributed by atoms with E-state index in [1.165, 1.54) is 19.3 Å². The van der Waals surface area contributed by atoms with Crippen LogP contribution in [0, 0.1) is 29.6 Å². The number of nitrogens with one attached hydrogen (secondary N) is 1. The SMILES string of the molecule is COCC(Br)CNC(=O)C1C2C3CCC(C3)C12. The number of amides is 1. The second-order valence-corrected chi connectivity index (χ2v) is 7.11. The molecule has 0 aromatic carbocycles. The summed E-state index contributed by atoms with van der Waals surface area (Å²) in [6.07, 6.45) is 4.16. The van der Waals surface area contributed by atoms with Crippen LogP contribution in [-0.4, -0.2) is 31.0 Å². The van der Waals surface area contributed by atoms with E-state index in [-0.39, 0.29) is 10.7 Å². The van der Waals surface area contributed by atoms with E-state index in [0.717, 1.165) is 23.7 Å². The van der Waals surface area contributed by atoms with Crippen molar-refractivity contribution in [2.24, 2.45) is 29.6 Å². The number of halogens is 1. The molecule has 3 fully saturated rings. The van der Waals surface area contributed by atoms with Gasteiger partial charge in [-0.05, 0) is 42.9 Å². The van der Waals surface area contributed by atoms with Crippen molar-refractivity contribution < 1.29 is 9.53 Å². The Labute approximate surface area is 111 Å². The van der Waals surface area contributed by atoms with Gasteiger partial charge in [-0.3, -0.25) is 4.79 Å². The summed E-state index contributed by atoms with van der Waals surface area (Å²) in [6, 6.07) is 0. The molecule has 3 aliphatic rings. The number of methoxy groups -OCH3 is 1. The zero-order valence-corrected chi connectivity index (χ0v) is 11.8. The van der Waals surface area contributed by atoms with Gasteiger partial charge in [0.05, 0.1) is 11.4 Å². The molecule has 17 heavy (non-hydrogen) atoms. The zero-order valence-electron chi connectivity index (χ0n) is 10.2. The summed E-state index contributed by atoms with van der Waals surface area (Å²) in [7, 11) is 1.68. The van der Waals surface area contributed by atoms with Crippen LogP contribution in [0.4, 0.5) is 0 Å². The summed E-state index contributed by atoms with van der Waals surface area (Å²) in [5, 5.41) is 3.06. The van der Waals surface area contributed by atoms with Crippen LogP contribution in [0.25, 0.3) is 0 Å². The van der Waals surface area contributed by atoms with E-state index in [4.69, 9.17) is 4.74 Å². The summed E-state index contributed by atoms with van der Waals surface area (Å²) in [5.74, 6) is 3.87. The van der Waals surface area contributed by atoms with E-state index >= 15 is 0 Å². The first kappa shape index (κ1) is 12.0. The molecule has 96 valence electrons. The van der Waals surface area contributed by atoms with Crippen LogP contribution in [0.15, 0.2) is 0 Å². The second kappa shape index (κ2) is 4.54. The maximum absolute atomic E-state index is 12.1. The molecular weight excluding hydrogens is 282 g/mol. The minimum Gasteiger partial charge on any atom is -0.383 e. The van der Waals surface area contributed by atoms with Gasteiger partial charge in [0.25, 0.3) is 0 Å². The van der Waals surface area contributed by atoms with E-state index in [2.05, 4.69) is 21.2 Å². The van der Waals surface area contributed by atoms with Crippen molar-refractivity contribution in [3.05, 3.63) is 0 Å². The number of rotatable bonds is 5. The van der Waals surface area contributed by atoms with Crippen molar-refractivity contribution in [1.82, 2.24) is 5.32 Å². The molecule has 0 aromatic heterocycles. The summed E-state index contributed by atoms with van der Waals surface area (Å²) < 4.78 is 5.03. The first-order chi connectivity index (χ1) is 8.22. The van der Waals surface area contributed by atoms with Crippen LogP contribution in [0.5, 0.6) is 0 Å². The number of alkyl halides is 1. The van der Waals surface area contributed by atoms with Crippen molar-refractivity contribution in [3.8, 4) is 0 Å². The first-order valence-electron chi connectivity index (χ1n) is 6.63. The molecule has 1 amide bonds. The lowest BCUT2D eigenvalue weighted by atomic mass is 10.0. The van der Waals surface area contributed by atoms with Gasteiger partial charge in [-0.1, -0.05) is 15.9 Å². The Kier molecular flexibility index (Phi) is 3.20. The third-order valence-corrected chi connectivity index (χ3v) is 5.47. The predicted molar refractivity (Wildman–Crippen MR) is 68.9 cm³/mol. The molecule has 3 aliphatic carbocycles. The molecule has 0 saturated heterocycles. The molecule has 5 unspecified atom stereocenters. The van der Waals surface area contributed by atoms with Gasteiger partial charge in [-0.25, -0.2) is 0 Å². The molecule has 0 radical (unpaired) electrons. The van der Waals surface area contributed by atoms with Gasteiger partial charge in [-0.2, -0.15) is 0 Å². The Bertz CT molecular complexity index is 307. The molecule has 0 heterocycles. The van der Waals surface area contributed by atoms with Crippen molar-refractivity contribution in [2.75, 3.05) is 20.3 Å². The molecule has 0 aromatic rings. The standard InChI is InChI=1S/C13H20BrNO2/c1-17-6-9(14)5-15-13(16)12-10-7-2-3-8(4-7)11(10)12/h7-12H,2-6H2,1H3,(H,15,16). The highest BCUT2D eigenvalue weighted by atomic mass is 79.9. The molecule has 3 rings (SSSR count). The highest BCUT2D eigenvalue weighted by molar-refractivity contribution is 9.09. The topological polar surface area (TPSA) is 38.3 Å². The quantitative estimate of drug-likeness (QED) is 0.787. The van der Waals surface area contributed by atoms with Crippen LogP contribution in [0.2, 0.25) is 0 Å². The van der Waals surface area contributed by atoms with Gasteiger partial charge >= 0.3 is 0 Å². The lowest BCUT2D eigenvalue weighted by Crippen LogP contribution is -2.33. The lowest BCUT2D eigenvalue weighted by Gasteiger charge is -2.12. The maximum Gasteiger partial charge on any atom is 0.223 e. The van der Waals surface area contributed by atoms with E-state index in [0.29, 0.717) is 19.1 Å². The van der Waals surface area contributed by atoms with Gasteiger partial charge in [0.1, 0.15) is 0 Å². The second-order valence-electron chi connectivity index (χ2n) is 5.81. The average Bonchev–Trinajstić information content (AvgIpc) is 2.75. The zero-order chi connectivity index (χ0) is 12.0. The van der Waals surface area contributed by atoms with Crippen molar-refractivity contribution in [3.63, 3.8) is 0 Å². The van der Waals surface area contributed by atoms with Gasteiger partial charge in [0.2, 0.25) is 5.91 Å². The largest absolute Gasteiger partial charge is 0.383 e. The number of carbonyl (C=O) groups is 1. The van der Waals surface area contributed by atoms with Crippen molar-refractivity contribution in [2.45, 2.75) is 24.1 Å². The van der Waals surface area contributed by atoms with Gasteiger partial charge in [0, 0.05) is 19.6 Å². The molecule has 5 atom stereocenters. The van der Waals surface area contributed by atoms with E-state index in [1.54, 1.807) is 7.11 Å². The number of ether oxygens (including phenoxy) is 1. The smallest absolute Gasteiger partial charge is 0.223 e. The predicted octanol–water partition coefficient (Wildman–Crippen LogP) is 1.80. The fourth-order valence-corrected chi connectivity index (χ4v) is 4.67. The van der Waals surface area contributed by atoms with Crippen LogP contribution in [0.3, 0.4) is 0 Å². The molecule has 2 bridgehead atoms. The van der Waals surface area contributed by atoms with Gasteiger partial charge < -0.3 is 10.1 Å². The average molecular weight is 302 g/mol. The van der Waals surface area contributed by atoms with E-state index in [1.807, 2.05) is 0 Å². The van der Waals surface area contributed by atoms with Gasteiger partial charge in [-0.15, -0.1) is 0 Å². The summed E-state index contributed by atoms with van der Waals surface area (Å²) in [5.41, 5.74) is 0. The number of hydrogen-bond donors (Lipinski definition) is 1. The molecule has 4 heteroatoms. The van der Waals surface area contributed by atoms with Crippen LogP contribution < -0.4 is 5.32 Å². The molecule has 0 aliphatic heterocycles.